The molecule has 0 unspecified atom stereocenters. The summed E-state index contributed by atoms with van der Waals surface area (Å²) in [4.78, 5) is 0.0647. The second-order valence-corrected chi connectivity index (χ2v) is 5.74. The number of hydrogen-bond donors (Lipinski definition) is 1. The van der Waals surface area contributed by atoms with E-state index in [-0.39, 0.29) is 11.4 Å². The molecule has 0 fully saturated rings. The Balaban J connectivity index is 2.16. The van der Waals surface area contributed by atoms with Gasteiger partial charge in [0.05, 0.1) is 23.1 Å². The summed E-state index contributed by atoms with van der Waals surface area (Å²) < 4.78 is 31.7. The normalized spacial score (nSPS) is 11.2. The summed E-state index contributed by atoms with van der Waals surface area (Å²) in [5.74, 6) is 1.26. The van der Waals surface area contributed by atoms with Gasteiger partial charge < -0.3 is 4.42 Å². The first-order chi connectivity index (χ1) is 9.01. The summed E-state index contributed by atoms with van der Waals surface area (Å²) in [6.45, 7) is 1.86. The molecule has 6 heteroatoms. The predicted molar refractivity (Wildman–Crippen MR) is 68.6 cm³/mol. The summed E-state index contributed by atoms with van der Waals surface area (Å²) >= 11 is 0. The van der Waals surface area contributed by atoms with Crippen molar-refractivity contribution >= 4 is 10.0 Å². The van der Waals surface area contributed by atoms with E-state index >= 15 is 0 Å². The van der Waals surface area contributed by atoms with Gasteiger partial charge in [0.25, 0.3) is 0 Å². The summed E-state index contributed by atoms with van der Waals surface area (Å²) in [6.07, 6.45) is 0. The lowest BCUT2D eigenvalue weighted by Gasteiger charge is -2.05. The zero-order valence-corrected chi connectivity index (χ0v) is 11.1. The van der Waals surface area contributed by atoms with Gasteiger partial charge in [-0.1, -0.05) is 6.07 Å². The summed E-state index contributed by atoms with van der Waals surface area (Å²) in [6, 6.07) is 11.2. The Bertz CT molecular complexity index is 726. The highest BCUT2D eigenvalue weighted by atomic mass is 32.2. The monoisotopic (exact) mass is 276 g/mol. The first-order valence-corrected chi connectivity index (χ1v) is 7.05. The second-order valence-electron chi connectivity index (χ2n) is 3.98. The number of sulfonamides is 1. The highest BCUT2D eigenvalue weighted by molar-refractivity contribution is 7.89. The number of nitriles is 1. The third-order valence-corrected chi connectivity index (χ3v) is 3.90. The van der Waals surface area contributed by atoms with Gasteiger partial charge in [-0.25, -0.2) is 13.1 Å². The molecule has 1 aromatic carbocycles. The molecule has 98 valence electrons. The Kier molecular flexibility index (Phi) is 3.69. The van der Waals surface area contributed by atoms with Crippen LogP contribution in [0.25, 0.3) is 0 Å². The fourth-order valence-electron chi connectivity index (χ4n) is 1.56. The first-order valence-electron chi connectivity index (χ1n) is 5.56. The molecule has 0 aliphatic carbocycles. The van der Waals surface area contributed by atoms with E-state index in [2.05, 4.69) is 4.72 Å². The largest absolute Gasteiger partial charge is 0.465 e. The standard InChI is InChI=1S/C13H12N2O3S/c1-10-5-6-12(18-10)9-15-19(16,17)13-4-2-3-11(7-13)8-14/h2-7,15H,9H2,1H3. The average Bonchev–Trinajstić information content (AvgIpc) is 2.82. The minimum absolute atomic E-state index is 0.0647. The van der Waals surface area contributed by atoms with E-state index in [4.69, 9.17) is 9.68 Å². The van der Waals surface area contributed by atoms with Crippen molar-refractivity contribution in [1.29, 1.82) is 5.26 Å². The highest BCUT2D eigenvalue weighted by Gasteiger charge is 2.14. The molecule has 2 rings (SSSR count). The van der Waals surface area contributed by atoms with Crippen LogP contribution in [0, 0.1) is 18.3 Å². The number of benzene rings is 1. The fourth-order valence-corrected chi connectivity index (χ4v) is 2.60. The van der Waals surface area contributed by atoms with Crippen molar-refractivity contribution in [3.05, 3.63) is 53.5 Å². The van der Waals surface area contributed by atoms with Gasteiger partial charge in [-0.05, 0) is 37.3 Å². The lowest BCUT2D eigenvalue weighted by atomic mass is 10.2. The van der Waals surface area contributed by atoms with E-state index in [0.29, 0.717) is 11.3 Å². The van der Waals surface area contributed by atoms with Gasteiger partial charge in [-0.2, -0.15) is 5.26 Å². The van der Waals surface area contributed by atoms with E-state index in [9.17, 15) is 8.42 Å². The van der Waals surface area contributed by atoms with Crippen LogP contribution in [0.2, 0.25) is 0 Å². The van der Waals surface area contributed by atoms with Crippen molar-refractivity contribution in [1.82, 2.24) is 4.72 Å². The van der Waals surface area contributed by atoms with Crippen molar-refractivity contribution in [2.75, 3.05) is 0 Å². The van der Waals surface area contributed by atoms with Gasteiger partial charge in [0.1, 0.15) is 11.5 Å². The maximum absolute atomic E-state index is 12.0. The fraction of sp³-hybridized carbons (Fsp3) is 0.154. The molecule has 0 bridgehead atoms. The number of rotatable bonds is 4. The quantitative estimate of drug-likeness (QED) is 0.925. The Morgan fingerprint density at radius 3 is 2.74 bits per heavy atom. The van der Waals surface area contributed by atoms with Gasteiger partial charge in [0, 0.05) is 0 Å². The SMILES string of the molecule is Cc1ccc(CNS(=O)(=O)c2cccc(C#N)c2)o1. The minimum Gasteiger partial charge on any atom is -0.465 e. The van der Waals surface area contributed by atoms with Crippen molar-refractivity contribution in [2.24, 2.45) is 0 Å². The average molecular weight is 276 g/mol. The van der Waals surface area contributed by atoms with E-state index in [0.717, 1.165) is 5.76 Å². The predicted octanol–water partition coefficient (Wildman–Crippen LogP) is 1.94. The van der Waals surface area contributed by atoms with Crippen LogP contribution in [0.4, 0.5) is 0 Å². The molecular formula is C13H12N2O3S. The maximum Gasteiger partial charge on any atom is 0.241 e. The molecule has 1 heterocycles. The molecule has 1 N–H and O–H groups in total. The van der Waals surface area contributed by atoms with Crippen LogP contribution in [-0.4, -0.2) is 8.42 Å². The second kappa shape index (κ2) is 5.26. The Morgan fingerprint density at radius 2 is 2.11 bits per heavy atom. The number of aryl methyl sites for hydroxylation is 1. The van der Waals surface area contributed by atoms with Crippen LogP contribution < -0.4 is 4.72 Å². The van der Waals surface area contributed by atoms with Gasteiger partial charge in [0.2, 0.25) is 10.0 Å². The van der Waals surface area contributed by atoms with Crippen molar-refractivity contribution in [3.8, 4) is 6.07 Å². The lowest BCUT2D eigenvalue weighted by Crippen LogP contribution is -2.23. The van der Waals surface area contributed by atoms with Crippen molar-refractivity contribution in [3.63, 3.8) is 0 Å². The molecule has 2 aromatic rings. The molecule has 1 aromatic heterocycles. The topological polar surface area (TPSA) is 83.1 Å². The molecule has 0 spiro atoms. The number of furan rings is 1. The van der Waals surface area contributed by atoms with Gasteiger partial charge in [-0.15, -0.1) is 0 Å². The molecule has 0 saturated carbocycles. The zero-order chi connectivity index (χ0) is 13.9. The number of nitrogens with zero attached hydrogens (tertiary/aromatic N) is 1. The number of hydrogen-bond acceptors (Lipinski definition) is 4. The maximum atomic E-state index is 12.0. The summed E-state index contributed by atoms with van der Waals surface area (Å²) in [5.41, 5.74) is 0.303. The van der Waals surface area contributed by atoms with Crippen LogP contribution in [0.3, 0.4) is 0 Å². The van der Waals surface area contributed by atoms with Gasteiger partial charge >= 0.3 is 0 Å². The zero-order valence-electron chi connectivity index (χ0n) is 10.3. The Hall–Kier alpha value is -2.10. The van der Waals surface area contributed by atoms with E-state index in [1.165, 1.54) is 18.2 Å². The molecular weight excluding hydrogens is 264 g/mol. The van der Waals surface area contributed by atoms with Crippen LogP contribution in [0.15, 0.2) is 45.7 Å². The molecule has 19 heavy (non-hydrogen) atoms. The Morgan fingerprint density at radius 1 is 1.32 bits per heavy atom. The lowest BCUT2D eigenvalue weighted by molar-refractivity contribution is 0.475. The van der Waals surface area contributed by atoms with Gasteiger partial charge in [-0.3, -0.25) is 0 Å². The van der Waals surface area contributed by atoms with Crippen molar-refractivity contribution in [2.45, 2.75) is 18.4 Å². The van der Waals surface area contributed by atoms with Crippen LogP contribution >= 0.6 is 0 Å². The molecule has 0 saturated heterocycles. The molecule has 0 aliphatic heterocycles. The third-order valence-electron chi connectivity index (χ3n) is 2.51. The van der Waals surface area contributed by atoms with E-state index < -0.39 is 10.0 Å². The first kappa shape index (κ1) is 13.3. The van der Waals surface area contributed by atoms with Gasteiger partial charge in [0.15, 0.2) is 0 Å². The van der Waals surface area contributed by atoms with Crippen LogP contribution in [0.1, 0.15) is 17.1 Å². The molecule has 0 amide bonds. The molecule has 0 radical (unpaired) electrons. The molecule has 0 aliphatic rings. The third kappa shape index (κ3) is 3.22. The van der Waals surface area contributed by atoms with Crippen LogP contribution in [-0.2, 0) is 16.6 Å². The smallest absolute Gasteiger partial charge is 0.241 e. The summed E-state index contributed by atoms with van der Waals surface area (Å²) in [7, 11) is -3.64. The number of nitrogens with one attached hydrogen (secondary N) is 1. The molecule has 5 nitrogen and oxygen atoms in total. The van der Waals surface area contributed by atoms with Crippen molar-refractivity contribution < 1.29 is 12.8 Å². The summed E-state index contributed by atoms with van der Waals surface area (Å²) in [5, 5.41) is 8.76. The Labute approximate surface area is 111 Å². The van der Waals surface area contributed by atoms with Crippen LogP contribution in [0.5, 0.6) is 0 Å². The molecule has 0 atom stereocenters. The van der Waals surface area contributed by atoms with E-state index in [1.807, 2.05) is 6.07 Å². The minimum atomic E-state index is -3.64. The van der Waals surface area contributed by atoms with E-state index in [1.54, 1.807) is 25.1 Å². The highest BCUT2D eigenvalue weighted by Crippen LogP contribution is 2.12.